The molecule has 8 heteroatoms. The number of carbonyl (C=O) groups is 2. The average Bonchev–Trinajstić information content (AvgIpc) is 3.49. The fourth-order valence-electron chi connectivity index (χ4n) is 5.32. The van der Waals surface area contributed by atoms with E-state index in [1.807, 2.05) is 53.4 Å². The molecular weight excluding hydrogens is 559 g/mol. The Hall–Kier alpha value is -4.30. The van der Waals surface area contributed by atoms with Gasteiger partial charge in [0.05, 0.1) is 6.54 Å². The number of fused-ring (bicyclic) bond motifs is 1. The van der Waals surface area contributed by atoms with Gasteiger partial charge in [0.15, 0.2) is 11.5 Å². The van der Waals surface area contributed by atoms with Crippen molar-refractivity contribution in [3.8, 4) is 0 Å². The van der Waals surface area contributed by atoms with Crippen LogP contribution in [0.1, 0.15) is 38.2 Å². The molecule has 0 fully saturated rings. The molecule has 4 aromatic rings. The molecule has 6 rings (SSSR count). The van der Waals surface area contributed by atoms with Crippen LogP contribution >= 0.6 is 15.9 Å². The third-order valence-electron chi connectivity index (χ3n) is 7.26. The lowest BCUT2D eigenvalue weighted by atomic mass is 9.83. The summed E-state index contributed by atoms with van der Waals surface area (Å²) in [5, 5.41) is 0. The number of nitrogens with zero attached hydrogens (tertiary/aromatic N) is 3. The van der Waals surface area contributed by atoms with Crippen LogP contribution in [0.3, 0.4) is 0 Å². The quantitative estimate of drug-likeness (QED) is 0.345. The molecule has 2 N–H and O–H groups in total. The number of guanidine groups is 1. The Bertz CT molecular complexity index is 1610. The van der Waals surface area contributed by atoms with Gasteiger partial charge >= 0.3 is 0 Å². The molecule has 2 aliphatic rings. The van der Waals surface area contributed by atoms with Crippen LogP contribution < -0.4 is 5.73 Å². The third-order valence-corrected chi connectivity index (χ3v) is 7.75. The Kier molecular flexibility index (Phi) is 6.27. The van der Waals surface area contributed by atoms with Gasteiger partial charge in [-0.3, -0.25) is 14.5 Å². The molecule has 0 spiro atoms. The van der Waals surface area contributed by atoms with Gasteiger partial charge < -0.3 is 10.6 Å². The molecule has 0 bridgehead atoms. The molecule has 0 saturated heterocycles. The first-order valence-electron chi connectivity index (χ1n) is 12.5. The van der Waals surface area contributed by atoms with Crippen LogP contribution in [-0.4, -0.2) is 27.6 Å². The van der Waals surface area contributed by atoms with Crippen LogP contribution in [0.2, 0.25) is 0 Å². The highest BCUT2D eigenvalue weighted by atomic mass is 79.9. The number of nitrogens with two attached hydrogens (primary N) is 1. The predicted molar refractivity (Wildman–Crippen MR) is 150 cm³/mol. The van der Waals surface area contributed by atoms with Crippen LogP contribution in [0.4, 0.5) is 4.39 Å². The van der Waals surface area contributed by atoms with Gasteiger partial charge in [-0.15, -0.1) is 0 Å². The fraction of sp³-hybridized carbons (Fsp3) is 0.129. The molecule has 0 aliphatic carbocycles. The highest BCUT2D eigenvalue weighted by Gasteiger charge is 2.50. The highest BCUT2D eigenvalue weighted by molar-refractivity contribution is 9.10. The van der Waals surface area contributed by atoms with Crippen molar-refractivity contribution in [3.63, 3.8) is 0 Å². The van der Waals surface area contributed by atoms with Gasteiger partial charge in [0.2, 0.25) is 0 Å². The van der Waals surface area contributed by atoms with E-state index in [1.54, 1.807) is 36.4 Å². The highest BCUT2D eigenvalue weighted by Crippen LogP contribution is 2.41. The number of rotatable bonds is 5. The lowest BCUT2D eigenvalue weighted by Crippen LogP contribution is -2.43. The van der Waals surface area contributed by atoms with Crippen LogP contribution in [0, 0.1) is 5.82 Å². The molecule has 2 amide bonds. The van der Waals surface area contributed by atoms with Crippen molar-refractivity contribution in [1.82, 2.24) is 9.80 Å². The maximum Gasteiger partial charge on any atom is 0.266 e. The molecule has 0 saturated carbocycles. The van der Waals surface area contributed by atoms with Crippen molar-refractivity contribution < 1.29 is 14.0 Å². The van der Waals surface area contributed by atoms with Crippen molar-refractivity contribution in [1.29, 1.82) is 0 Å². The van der Waals surface area contributed by atoms with Gasteiger partial charge in [0, 0.05) is 23.1 Å². The Morgan fingerprint density at radius 3 is 2.28 bits per heavy atom. The number of hydrogen-bond donors (Lipinski definition) is 1. The fourth-order valence-corrected chi connectivity index (χ4v) is 5.72. The van der Waals surface area contributed by atoms with Crippen molar-refractivity contribution >= 4 is 33.7 Å². The van der Waals surface area contributed by atoms with Gasteiger partial charge in [0.25, 0.3) is 11.8 Å². The molecule has 0 radical (unpaired) electrons. The zero-order chi connectivity index (χ0) is 27.1. The van der Waals surface area contributed by atoms with Gasteiger partial charge in [-0.2, -0.15) is 0 Å². The lowest BCUT2D eigenvalue weighted by Gasteiger charge is -2.27. The second-order valence-corrected chi connectivity index (χ2v) is 10.6. The number of halogens is 2. The van der Waals surface area contributed by atoms with Crippen molar-refractivity contribution in [3.05, 3.63) is 141 Å². The summed E-state index contributed by atoms with van der Waals surface area (Å²) >= 11 is 3.48. The van der Waals surface area contributed by atoms with E-state index in [1.165, 1.54) is 17.0 Å². The maximum atomic E-state index is 14.1. The van der Waals surface area contributed by atoms with Crippen LogP contribution in [0.5, 0.6) is 0 Å². The molecule has 2 heterocycles. The summed E-state index contributed by atoms with van der Waals surface area (Å²) in [4.78, 5) is 35.4. The molecular formula is C31H24BrFN4O2. The Balaban J connectivity index is 1.30. The molecule has 39 heavy (non-hydrogen) atoms. The maximum absolute atomic E-state index is 14.1. The molecule has 2 aliphatic heterocycles. The number of hydrogen-bond acceptors (Lipinski definition) is 4. The van der Waals surface area contributed by atoms with E-state index in [0.717, 1.165) is 21.2 Å². The van der Waals surface area contributed by atoms with Crippen LogP contribution in [0.25, 0.3) is 0 Å². The average molecular weight is 583 g/mol. The molecule has 1 unspecified atom stereocenters. The number of amides is 2. The van der Waals surface area contributed by atoms with Crippen LogP contribution in [-0.2, 0) is 30.0 Å². The van der Waals surface area contributed by atoms with Gasteiger partial charge in [-0.25, -0.2) is 9.38 Å². The van der Waals surface area contributed by atoms with E-state index in [4.69, 9.17) is 5.73 Å². The van der Waals surface area contributed by atoms with Gasteiger partial charge in [0.1, 0.15) is 5.82 Å². The Morgan fingerprint density at radius 2 is 1.59 bits per heavy atom. The largest absolute Gasteiger partial charge is 0.369 e. The van der Waals surface area contributed by atoms with Gasteiger partial charge in [-0.1, -0.05) is 76.6 Å². The summed E-state index contributed by atoms with van der Waals surface area (Å²) in [6, 6.07) is 28.3. The van der Waals surface area contributed by atoms with E-state index in [0.29, 0.717) is 29.8 Å². The van der Waals surface area contributed by atoms with Crippen molar-refractivity contribution in [2.75, 3.05) is 0 Å². The summed E-state index contributed by atoms with van der Waals surface area (Å²) in [5.74, 6) is -0.783. The molecule has 6 nitrogen and oxygen atoms in total. The molecule has 0 aromatic heterocycles. The van der Waals surface area contributed by atoms with Gasteiger partial charge in [-0.05, 0) is 64.2 Å². The molecule has 4 aromatic carbocycles. The summed E-state index contributed by atoms with van der Waals surface area (Å²) < 4.78 is 14.6. The van der Waals surface area contributed by atoms with E-state index in [-0.39, 0.29) is 24.3 Å². The zero-order valence-corrected chi connectivity index (χ0v) is 22.4. The second kappa shape index (κ2) is 9.78. The van der Waals surface area contributed by atoms with E-state index < -0.39 is 11.4 Å². The summed E-state index contributed by atoms with van der Waals surface area (Å²) in [6.45, 7) is 1.26. The minimum Gasteiger partial charge on any atom is -0.369 e. The number of aliphatic imine (C=N–C) groups is 1. The minimum absolute atomic E-state index is 0.0519. The molecule has 1 atom stereocenters. The lowest BCUT2D eigenvalue weighted by molar-refractivity contribution is -0.130. The Labute approximate surface area is 233 Å². The third kappa shape index (κ3) is 4.40. The number of benzene rings is 4. The van der Waals surface area contributed by atoms with E-state index in [9.17, 15) is 14.0 Å². The minimum atomic E-state index is -1.46. The van der Waals surface area contributed by atoms with E-state index in [2.05, 4.69) is 20.9 Å². The number of carbonyl (C=O) groups excluding carboxylic acids is 2. The van der Waals surface area contributed by atoms with Crippen LogP contribution in [0.15, 0.2) is 107 Å². The first kappa shape index (κ1) is 25.0. The zero-order valence-electron chi connectivity index (χ0n) is 20.9. The first-order chi connectivity index (χ1) is 18.8. The van der Waals surface area contributed by atoms with Crippen molar-refractivity contribution in [2.24, 2.45) is 10.7 Å². The summed E-state index contributed by atoms with van der Waals surface area (Å²) in [6.07, 6.45) is 0. The summed E-state index contributed by atoms with van der Waals surface area (Å²) in [7, 11) is 0. The smallest absolute Gasteiger partial charge is 0.266 e. The SMILES string of the molecule is NC1=NC(c2ccc(F)cc2)(c2cccc(Br)c2)C(=O)N1Cc1cccc(C(=O)N2Cc3ccccc3C2)c1. The molecule has 194 valence electrons. The standard InChI is InChI=1S/C31H24BrFN4O2/c32-26-10-4-9-25(16-26)31(24-11-13-27(33)14-12-24)29(39)37(30(34)35-31)17-20-5-3-8-21(15-20)28(38)36-18-22-6-1-2-7-23(22)19-36/h1-16H,17-19H2,(H2,34,35). The first-order valence-corrected chi connectivity index (χ1v) is 13.3. The summed E-state index contributed by atoms with van der Waals surface area (Å²) in [5.41, 5.74) is 9.62. The predicted octanol–water partition coefficient (Wildman–Crippen LogP) is 5.34. The second-order valence-electron chi connectivity index (χ2n) is 9.72. The van der Waals surface area contributed by atoms with E-state index >= 15 is 0 Å². The van der Waals surface area contributed by atoms with Crippen molar-refractivity contribution in [2.45, 2.75) is 25.2 Å². The monoisotopic (exact) mass is 582 g/mol. The normalized spacial score (nSPS) is 18.3. The topological polar surface area (TPSA) is 79.0 Å². The Morgan fingerprint density at radius 1 is 0.897 bits per heavy atom.